The first-order valence-corrected chi connectivity index (χ1v) is 9.86. The van der Waals surface area contributed by atoms with Crippen molar-refractivity contribution in [3.63, 3.8) is 0 Å². The van der Waals surface area contributed by atoms with E-state index in [-0.39, 0.29) is 27.6 Å². The van der Waals surface area contributed by atoms with Crippen LogP contribution in [0.4, 0.5) is 5.13 Å². The molecule has 0 aliphatic rings. The van der Waals surface area contributed by atoms with Crippen LogP contribution in [0.1, 0.15) is 34.7 Å². The minimum absolute atomic E-state index is 0.0719. The molecule has 2 rings (SSSR count). The molecule has 0 bridgehead atoms. The maximum atomic E-state index is 12.3. The molecule has 1 heterocycles. The second kappa shape index (κ2) is 9.01. The Morgan fingerprint density at radius 1 is 1.22 bits per heavy atom. The number of amides is 2. The van der Waals surface area contributed by atoms with Gasteiger partial charge in [-0.2, -0.15) is 0 Å². The van der Waals surface area contributed by atoms with E-state index in [2.05, 4.69) is 34.4 Å². The Balaban J connectivity index is 1.97. The number of nitrogens with one attached hydrogen (secondary N) is 2. The number of nitrogens with zero attached hydrogens (tertiary/aromatic N) is 2. The largest absolute Gasteiger partial charge is 0.350 e. The van der Waals surface area contributed by atoms with E-state index in [0.717, 1.165) is 6.54 Å². The van der Waals surface area contributed by atoms with Crippen LogP contribution < -0.4 is 10.6 Å². The highest BCUT2D eigenvalue weighted by molar-refractivity contribution is 7.14. The number of carbonyl (C=O) groups is 2. The highest BCUT2D eigenvalue weighted by atomic mass is 35.5. The first kappa shape index (κ1) is 21.6. The molecule has 2 N–H and O–H groups in total. The Bertz CT molecular complexity index is 837. The fourth-order valence-electron chi connectivity index (χ4n) is 2.60. The zero-order valence-corrected chi connectivity index (χ0v) is 17.9. The third-order valence-electron chi connectivity index (χ3n) is 3.60. The van der Waals surface area contributed by atoms with Crippen molar-refractivity contribution in [1.82, 2.24) is 15.2 Å². The molecule has 27 heavy (non-hydrogen) atoms. The molecule has 1 aromatic carbocycles. The SMILES string of the molecule is CN(C)CC(C)(C)CNC(=O)c1csc(NC(=O)c2ccc(Cl)cc2Cl)n1. The summed E-state index contributed by atoms with van der Waals surface area (Å²) in [5.74, 6) is -0.687. The summed E-state index contributed by atoms with van der Waals surface area (Å²) in [7, 11) is 3.98. The van der Waals surface area contributed by atoms with Gasteiger partial charge in [0.2, 0.25) is 0 Å². The summed E-state index contributed by atoms with van der Waals surface area (Å²) < 4.78 is 0. The highest BCUT2D eigenvalue weighted by Crippen LogP contribution is 2.23. The van der Waals surface area contributed by atoms with Crippen LogP contribution in [0.5, 0.6) is 0 Å². The molecule has 0 unspecified atom stereocenters. The Morgan fingerprint density at radius 3 is 2.56 bits per heavy atom. The van der Waals surface area contributed by atoms with Crippen molar-refractivity contribution < 1.29 is 9.59 Å². The molecule has 0 atom stereocenters. The van der Waals surface area contributed by atoms with Crippen molar-refractivity contribution in [1.29, 1.82) is 0 Å². The van der Waals surface area contributed by atoms with Crippen molar-refractivity contribution in [3.8, 4) is 0 Å². The molecule has 6 nitrogen and oxygen atoms in total. The number of benzene rings is 1. The van der Waals surface area contributed by atoms with E-state index in [1.807, 2.05) is 14.1 Å². The molecule has 146 valence electrons. The lowest BCUT2D eigenvalue weighted by molar-refractivity contribution is 0.0924. The third-order valence-corrected chi connectivity index (χ3v) is 4.91. The van der Waals surface area contributed by atoms with Crippen LogP contribution in [-0.2, 0) is 0 Å². The zero-order chi connectivity index (χ0) is 20.2. The van der Waals surface area contributed by atoms with E-state index in [0.29, 0.717) is 16.7 Å². The van der Waals surface area contributed by atoms with Gasteiger partial charge in [-0.15, -0.1) is 11.3 Å². The molecule has 1 aromatic heterocycles. The van der Waals surface area contributed by atoms with Gasteiger partial charge in [-0.05, 0) is 37.7 Å². The van der Waals surface area contributed by atoms with Crippen LogP contribution in [0.3, 0.4) is 0 Å². The van der Waals surface area contributed by atoms with Crippen LogP contribution >= 0.6 is 34.5 Å². The number of aromatic nitrogens is 1. The molecular weight excluding hydrogens is 407 g/mol. The van der Waals surface area contributed by atoms with Gasteiger partial charge < -0.3 is 10.2 Å². The summed E-state index contributed by atoms with van der Waals surface area (Å²) in [6, 6.07) is 4.61. The summed E-state index contributed by atoms with van der Waals surface area (Å²) in [6.07, 6.45) is 0. The smallest absolute Gasteiger partial charge is 0.270 e. The zero-order valence-electron chi connectivity index (χ0n) is 15.6. The van der Waals surface area contributed by atoms with Gasteiger partial charge in [0.25, 0.3) is 11.8 Å². The van der Waals surface area contributed by atoms with E-state index in [4.69, 9.17) is 23.2 Å². The monoisotopic (exact) mass is 428 g/mol. The summed E-state index contributed by atoms with van der Waals surface area (Å²) in [5.41, 5.74) is 0.475. The van der Waals surface area contributed by atoms with E-state index in [9.17, 15) is 9.59 Å². The van der Waals surface area contributed by atoms with Gasteiger partial charge in [0.1, 0.15) is 5.69 Å². The first-order valence-electron chi connectivity index (χ1n) is 8.22. The van der Waals surface area contributed by atoms with Crippen molar-refractivity contribution >= 4 is 51.5 Å². The summed E-state index contributed by atoms with van der Waals surface area (Å²) in [5, 5.41) is 8.16. The van der Waals surface area contributed by atoms with Crippen LogP contribution in [0.25, 0.3) is 0 Å². The number of halogens is 2. The first-order chi connectivity index (χ1) is 12.6. The normalized spacial score (nSPS) is 11.5. The van der Waals surface area contributed by atoms with E-state index in [1.54, 1.807) is 11.4 Å². The number of thiazole rings is 1. The van der Waals surface area contributed by atoms with E-state index < -0.39 is 5.91 Å². The van der Waals surface area contributed by atoms with E-state index in [1.165, 1.54) is 23.5 Å². The molecule has 0 spiro atoms. The van der Waals surface area contributed by atoms with Gasteiger partial charge >= 0.3 is 0 Å². The fraction of sp³-hybridized carbons (Fsp3) is 0.389. The van der Waals surface area contributed by atoms with Crippen molar-refractivity contribution in [2.24, 2.45) is 5.41 Å². The molecular formula is C18H22Cl2N4O2S. The number of carbonyl (C=O) groups excluding carboxylic acids is 2. The van der Waals surface area contributed by atoms with Gasteiger partial charge in [-0.1, -0.05) is 37.0 Å². The second-order valence-electron chi connectivity index (χ2n) is 7.20. The lowest BCUT2D eigenvalue weighted by Gasteiger charge is -2.28. The lowest BCUT2D eigenvalue weighted by atomic mass is 9.93. The average molecular weight is 429 g/mol. The molecule has 0 aliphatic heterocycles. The number of hydrogen-bond donors (Lipinski definition) is 2. The topological polar surface area (TPSA) is 74.3 Å². The molecule has 0 saturated heterocycles. The highest BCUT2D eigenvalue weighted by Gasteiger charge is 2.21. The maximum Gasteiger partial charge on any atom is 0.270 e. The van der Waals surface area contributed by atoms with Gasteiger partial charge in [-0.25, -0.2) is 4.98 Å². The Hall–Kier alpha value is -1.67. The Morgan fingerprint density at radius 2 is 1.93 bits per heavy atom. The van der Waals surface area contributed by atoms with Crippen LogP contribution in [-0.4, -0.2) is 48.9 Å². The summed E-state index contributed by atoms with van der Waals surface area (Å²) in [4.78, 5) is 30.9. The minimum atomic E-state index is -0.412. The second-order valence-corrected chi connectivity index (χ2v) is 8.90. The summed E-state index contributed by atoms with van der Waals surface area (Å²) >= 11 is 13.0. The number of anilines is 1. The number of rotatable bonds is 7. The van der Waals surface area contributed by atoms with Gasteiger partial charge in [0.05, 0.1) is 10.6 Å². The number of hydrogen-bond acceptors (Lipinski definition) is 5. The van der Waals surface area contributed by atoms with Crippen LogP contribution in [0.15, 0.2) is 23.6 Å². The quantitative estimate of drug-likeness (QED) is 0.697. The fourth-order valence-corrected chi connectivity index (χ4v) is 3.78. The molecule has 0 saturated carbocycles. The third kappa shape index (κ3) is 6.46. The Labute approximate surface area is 172 Å². The van der Waals surface area contributed by atoms with Gasteiger partial charge in [-0.3, -0.25) is 14.9 Å². The van der Waals surface area contributed by atoms with Gasteiger partial charge in [0.15, 0.2) is 5.13 Å². The van der Waals surface area contributed by atoms with Crippen molar-refractivity contribution in [2.75, 3.05) is 32.5 Å². The molecule has 0 aliphatic carbocycles. The van der Waals surface area contributed by atoms with Crippen molar-refractivity contribution in [2.45, 2.75) is 13.8 Å². The van der Waals surface area contributed by atoms with Crippen LogP contribution in [0, 0.1) is 5.41 Å². The van der Waals surface area contributed by atoms with E-state index >= 15 is 0 Å². The standard InChI is InChI=1S/C18H22Cl2N4O2S/c1-18(2,10-24(3)4)9-21-16(26)14-8-27-17(22-14)23-15(25)12-6-5-11(19)7-13(12)20/h5-8H,9-10H2,1-4H3,(H,21,26)(H,22,23,25). The molecule has 0 radical (unpaired) electrons. The average Bonchev–Trinajstić information content (AvgIpc) is 2.99. The predicted octanol–water partition coefficient (Wildman–Crippen LogP) is 4.02. The predicted molar refractivity (Wildman–Crippen MR) is 111 cm³/mol. The molecule has 9 heteroatoms. The van der Waals surface area contributed by atoms with Gasteiger partial charge in [0, 0.05) is 23.5 Å². The lowest BCUT2D eigenvalue weighted by Crippen LogP contribution is -2.40. The molecule has 2 aromatic rings. The minimum Gasteiger partial charge on any atom is -0.350 e. The molecule has 2 amide bonds. The van der Waals surface area contributed by atoms with Crippen LogP contribution in [0.2, 0.25) is 10.0 Å². The maximum absolute atomic E-state index is 12.3. The van der Waals surface area contributed by atoms with Crippen molar-refractivity contribution in [3.05, 3.63) is 44.9 Å². The Kier molecular flexibility index (Phi) is 7.22. The molecule has 0 fully saturated rings. The summed E-state index contributed by atoms with van der Waals surface area (Å²) in [6.45, 7) is 5.52.